The van der Waals surface area contributed by atoms with Gasteiger partial charge >= 0.3 is 6.03 Å². The van der Waals surface area contributed by atoms with Crippen molar-refractivity contribution in [1.82, 2.24) is 20.9 Å². The Kier molecular flexibility index (Phi) is 4.51. The second-order valence-corrected chi connectivity index (χ2v) is 7.54. The molecule has 2 aliphatic rings. The topological polar surface area (TPSA) is 108 Å². The molecule has 25 heavy (non-hydrogen) atoms. The molecule has 3 rings (SSSR count). The molecular formula is C16H20N4O4S. The smallest absolute Gasteiger partial charge is 0.325 e. The van der Waals surface area contributed by atoms with Gasteiger partial charge in [-0.3, -0.25) is 19.3 Å². The van der Waals surface area contributed by atoms with Gasteiger partial charge in [-0.1, -0.05) is 0 Å². The van der Waals surface area contributed by atoms with Gasteiger partial charge in [0.25, 0.3) is 5.91 Å². The second-order valence-electron chi connectivity index (χ2n) is 6.76. The third-order valence-electron chi connectivity index (χ3n) is 4.40. The van der Waals surface area contributed by atoms with E-state index in [1.807, 2.05) is 16.8 Å². The highest BCUT2D eigenvalue weighted by Crippen LogP contribution is 2.26. The van der Waals surface area contributed by atoms with Crippen molar-refractivity contribution in [1.29, 1.82) is 0 Å². The quantitative estimate of drug-likeness (QED) is 0.677. The summed E-state index contributed by atoms with van der Waals surface area (Å²) in [5, 5.41) is 12.1. The molecule has 1 aromatic heterocycles. The van der Waals surface area contributed by atoms with Crippen molar-refractivity contribution in [3.05, 3.63) is 22.4 Å². The van der Waals surface area contributed by atoms with Crippen molar-refractivity contribution in [2.75, 3.05) is 6.54 Å². The van der Waals surface area contributed by atoms with Crippen LogP contribution >= 0.6 is 11.3 Å². The minimum Gasteiger partial charge on any atom is -0.349 e. The molecule has 2 aliphatic heterocycles. The van der Waals surface area contributed by atoms with E-state index in [2.05, 4.69) is 16.0 Å². The summed E-state index contributed by atoms with van der Waals surface area (Å²) in [6.07, 6.45) is 0.825. The van der Waals surface area contributed by atoms with Crippen LogP contribution in [-0.2, 0) is 14.4 Å². The van der Waals surface area contributed by atoms with Crippen LogP contribution < -0.4 is 16.0 Å². The third-order valence-corrected chi connectivity index (χ3v) is 5.10. The molecule has 134 valence electrons. The van der Waals surface area contributed by atoms with Crippen molar-refractivity contribution in [2.45, 2.75) is 44.3 Å². The molecule has 0 aromatic carbocycles. The summed E-state index contributed by atoms with van der Waals surface area (Å²) in [4.78, 5) is 49.0. The van der Waals surface area contributed by atoms with Crippen molar-refractivity contribution >= 4 is 35.1 Å². The lowest BCUT2D eigenvalue weighted by molar-refractivity contribution is -0.134. The monoisotopic (exact) mass is 364 g/mol. The summed E-state index contributed by atoms with van der Waals surface area (Å²) in [5.41, 5.74) is -0.0745. The number of hydrogen-bond acceptors (Lipinski definition) is 5. The predicted molar refractivity (Wildman–Crippen MR) is 90.7 cm³/mol. The van der Waals surface area contributed by atoms with Gasteiger partial charge < -0.3 is 16.0 Å². The number of imide groups is 1. The van der Waals surface area contributed by atoms with Crippen LogP contribution in [-0.4, -0.2) is 46.8 Å². The molecule has 9 heteroatoms. The molecule has 0 aliphatic carbocycles. The number of nitrogens with zero attached hydrogens (tertiary/aromatic N) is 1. The zero-order valence-corrected chi connectivity index (χ0v) is 14.8. The van der Waals surface area contributed by atoms with Crippen LogP contribution in [0.15, 0.2) is 16.8 Å². The molecule has 0 spiro atoms. The van der Waals surface area contributed by atoms with E-state index < -0.39 is 23.4 Å². The highest BCUT2D eigenvalue weighted by molar-refractivity contribution is 7.08. The molecule has 0 radical (unpaired) electrons. The number of piperidine rings is 1. The molecule has 2 atom stereocenters. The van der Waals surface area contributed by atoms with E-state index in [9.17, 15) is 19.2 Å². The van der Waals surface area contributed by atoms with Gasteiger partial charge in [-0.15, -0.1) is 0 Å². The first-order valence-corrected chi connectivity index (χ1v) is 8.97. The Morgan fingerprint density at radius 2 is 2.16 bits per heavy atom. The first-order valence-electron chi connectivity index (χ1n) is 8.03. The summed E-state index contributed by atoms with van der Waals surface area (Å²) in [6.45, 7) is 2.84. The summed E-state index contributed by atoms with van der Waals surface area (Å²) >= 11 is 1.51. The van der Waals surface area contributed by atoms with Gasteiger partial charge in [0, 0.05) is 6.42 Å². The van der Waals surface area contributed by atoms with Gasteiger partial charge in [0.05, 0.1) is 12.1 Å². The maximum Gasteiger partial charge on any atom is 0.325 e. The largest absolute Gasteiger partial charge is 0.349 e. The van der Waals surface area contributed by atoms with Gasteiger partial charge in [0.2, 0.25) is 11.8 Å². The maximum absolute atomic E-state index is 12.4. The lowest BCUT2D eigenvalue weighted by atomic mass is 9.93. The Labute approximate surface area is 148 Å². The fourth-order valence-electron chi connectivity index (χ4n) is 3.08. The van der Waals surface area contributed by atoms with E-state index in [1.54, 1.807) is 13.8 Å². The molecule has 1 aromatic rings. The van der Waals surface area contributed by atoms with Crippen LogP contribution in [0.4, 0.5) is 4.79 Å². The number of urea groups is 1. The summed E-state index contributed by atoms with van der Waals surface area (Å²) in [7, 11) is 0. The molecular weight excluding hydrogens is 344 g/mol. The Morgan fingerprint density at radius 3 is 2.76 bits per heavy atom. The Bertz CT molecular complexity index is 716. The zero-order chi connectivity index (χ0) is 18.2. The minimum atomic E-state index is -1.00. The SMILES string of the molecule is CC1(C)NC(=O)N(CC(=O)N[C@@H]2CCC(=O)N[C@H]2c2ccsc2)C1=O. The highest BCUT2D eigenvalue weighted by atomic mass is 32.1. The van der Waals surface area contributed by atoms with E-state index in [4.69, 9.17) is 0 Å². The van der Waals surface area contributed by atoms with E-state index in [1.165, 1.54) is 11.3 Å². The average Bonchev–Trinajstić information content (AvgIpc) is 3.12. The lowest BCUT2D eigenvalue weighted by Crippen LogP contribution is -2.52. The fourth-order valence-corrected chi connectivity index (χ4v) is 3.78. The standard InChI is InChI=1S/C16H20N4O4S/c1-16(2)14(23)20(15(24)19-16)7-12(22)17-10-3-4-11(21)18-13(10)9-5-6-25-8-9/h5-6,8,10,13H,3-4,7H2,1-2H3,(H,17,22)(H,18,21)(H,19,24)/t10-,13+/m1/s1. The first-order chi connectivity index (χ1) is 11.8. The van der Waals surface area contributed by atoms with E-state index >= 15 is 0 Å². The van der Waals surface area contributed by atoms with Crippen LogP contribution in [0.25, 0.3) is 0 Å². The Morgan fingerprint density at radius 1 is 1.40 bits per heavy atom. The second kappa shape index (κ2) is 6.47. The van der Waals surface area contributed by atoms with Crippen molar-refractivity contribution in [2.24, 2.45) is 0 Å². The summed E-state index contributed by atoms with van der Waals surface area (Å²) in [5.74, 6) is -0.917. The van der Waals surface area contributed by atoms with E-state index in [-0.39, 0.29) is 24.5 Å². The average molecular weight is 364 g/mol. The molecule has 0 saturated carbocycles. The van der Waals surface area contributed by atoms with Crippen LogP contribution in [0.5, 0.6) is 0 Å². The Hall–Kier alpha value is -2.42. The number of amides is 5. The van der Waals surface area contributed by atoms with Crippen molar-refractivity contribution in [3.63, 3.8) is 0 Å². The van der Waals surface area contributed by atoms with Gasteiger partial charge in [-0.2, -0.15) is 11.3 Å². The maximum atomic E-state index is 12.4. The number of thiophene rings is 1. The molecule has 3 heterocycles. The number of hydrogen-bond donors (Lipinski definition) is 3. The Balaban J connectivity index is 1.66. The molecule has 0 bridgehead atoms. The fraction of sp³-hybridized carbons (Fsp3) is 0.500. The van der Waals surface area contributed by atoms with Crippen molar-refractivity contribution < 1.29 is 19.2 Å². The van der Waals surface area contributed by atoms with Gasteiger partial charge in [0.1, 0.15) is 12.1 Å². The van der Waals surface area contributed by atoms with Gasteiger partial charge in [0.15, 0.2) is 0 Å². The molecule has 3 N–H and O–H groups in total. The normalized spacial score (nSPS) is 25.5. The van der Waals surface area contributed by atoms with Crippen LogP contribution in [0.1, 0.15) is 38.3 Å². The molecule has 2 saturated heterocycles. The van der Waals surface area contributed by atoms with Gasteiger partial charge in [-0.05, 0) is 42.7 Å². The van der Waals surface area contributed by atoms with Crippen LogP contribution in [0, 0.1) is 0 Å². The minimum absolute atomic E-state index is 0.0578. The van der Waals surface area contributed by atoms with Crippen LogP contribution in [0.2, 0.25) is 0 Å². The predicted octanol–water partition coefficient (Wildman–Crippen LogP) is 0.514. The molecule has 0 unspecified atom stereocenters. The van der Waals surface area contributed by atoms with Gasteiger partial charge in [-0.25, -0.2) is 4.79 Å². The summed E-state index contributed by atoms with van der Waals surface area (Å²) in [6, 6.07) is 0.737. The number of nitrogens with one attached hydrogen (secondary N) is 3. The third kappa shape index (κ3) is 3.51. The van der Waals surface area contributed by atoms with Crippen molar-refractivity contribution in [3.8, 4) is 0 Å². The van der Waals surface area contributed by atoms with E-state index in [0.29, 0.717) is 12.8 Å². The first kappa shape index (κ1) is 17.4. The number of carbonyl (C=O) groups excluding carboxylic acids is 4. The number of rotatable bonds is 4. The molecule has 5 amide bonds. The number of carbonyl (C=O) groups is 4. The highest BCUT2D eigenvalue weighted by Gasteiger charge is 2.45. The zero-order valence-electron chi connectivity index (χ0n) is 14.0. The summed E-state index contributed by atoms with van der Waals surface area (Å²) < 4.78 is 0. The molecule has 2 fully saturated rings. The van der Waals surface area contributed by atoms with Crippen LogP contribution in [0.3, 0.4) is 0 Å². The molecule has 8 nitrogen and oxygen atoms in total. The lowest BCUT2D eigenvalue weighted by Gasteiger charge is -2.33. The van der Waals surface area contributed by atoms with E-state index in [0.717, 1.165) is 10.5 Å².